The predicted octanol–water partition coefficient (Wildman–Crippen LogP) is 2.83. The summed E-state index contributed by atoms with van der Waals surface area (Å²) in [6.07, 6.45) is 5.66. The summed E-state index contributed by atoms with van der Waals surface area (Å²) in [7, 11) is 0. The summed E-state index contributed by atoms with van der Waals surface area (Å²) >= 11 is 4.99. The van der Waals surface area contributed by atoms with Gasteiger partial charge in [0, 0.05) is 31.4 Å². The number of carbonyl (C=O) groups is 1. The molecular formula is C17H25BrN6OS. The Hall–Kier alpha value is -1.35. The van der Waals surface area contributed by atoms with E-state index in [1.165, 1.54) is 12.8 Å². The van der Waals surface area contributed by atoms with Crippen molar-refractivity contribution in [3.8, 4) is 0 Å². The molecule has 7 nitrogen and oxygen atoms in total. The van der Waals surface area contributed by atoms with Crippen LogP contribution in [-0.2, 0) is 11.3 Å². The molecule has 1 N–H and O–H groups in total. The number of amides is 1. The number of nitrogens with zero attached hydrogens (tertiary/aromatic N) is 5. The van der Waals surface area contributed by atoms with E-state index in [0.717, 1.165) is 52.6 Å². The predicted molar refractivity (Wildman–Crippen MR) is 109 cm³/mol. The van der Waals surface area contributed by atoms with Crippen LogP contribution < -0.4 is 10.2 Å². The molecule has 1 aliphatic rings. The monoisotopic (exact) mass is 440 g/mol. The van der Waals surface area contributed by atoms with Gasteiger partial charge in [0.05, 0.1) is 18.1 Å². The van der Waals surface area contributed by atoms with Crippen molar-refractivity contribution in [3.63, 3.8) is 0 Å². The molecule has 0 bridgehead atoms. The molecule has 0 unspecified atom stereocenters. The van der Waals surface area contributed by atoms with Gasteiger partial charge in [-0.2, -0.15) is 5.10 Å². The summed E-state index contributed by atoms with van der Waals surface area (Å²) in [4.78, 5) is 23.6. The number of halogens is 1. The molecule has 0 aromatic carbocycles. The molecule has 142 valence electrons. The third kappa shape index (κ3) is 4.68. The average molecular weight is 441 g/mol. The maximum absolute atomic E-state index is 11.8. The molecule has 0 atom stereocenters. The number of alkyl halides is 1. The van der Waals surface area contributed by atoms with Crippen molar-refractivity contribution in [2.24, 2.45) is 0 Å². The molecule has 1 fully saturated rings. The normalized spacial score (nSPS) is 14.3. The molecule has 2 aromatic rings. The Labute approximate surface area is 166 Å². The van der Waals surface area contributed by atoms with Gasteiger partial charge < -0.3 is 10.2 Å². The topological polar surface area (TPSA) is 75.9 Å². The van der Waals surface area contributed by atoms with Gasteiger partial charge in [0.1, 0.15) is 5.82 Å². The van der Waals surface area contributed by atoms with Crippen molar-refractivity contribution >= 4 is 50.5 Å². The lowest BCUT2D eigenvalue weighted by Gasteiger charge is -2.17. The third-order valence-electron chi connectivity index (χ3n) is 4.32. The zero-order chi connectivity index (χ0) is 18.4. The van der Waals surface area contributed by atoms with Gasteiger partial charge in [-0.15, -0.1) is 0 Å². The zero-order valence-corrected chi connectivity index (χ0v) is 17.5. The minimum atomic E-state index is 0.0792. The molecule has 1 saturated heterocycles. The fourth-order valence-corrected chi connectivity index (χ4v) is 3.91. The van der Waals surface area contributed by atoms with Crippen LogP contribution in [0.5, 0.6) is 0 Å². The molecule has 9 heteroatoms. The van der Waals surface area contributed by atoms with Crippen LogP contribution in [0.4, 0.5) is 5.82 Å². The second-order valence-electron chi connectivity index (χ2n) is 6.20. The van der Waals surface area contributed by atoms with Crippen LogP contribution in [0.3, 0.4) is 0 Å². The second-order valence-corrected chi connectivity index (χ2v) is 8.23. The lowest BCUT2D eigenvalue weighted by Crippen LogP contribution is -2.27. The first-order valence-corrected chi connectivity index (χ1v) is 11.3. The van der Waals surface area contributed by atoms with Crippen molar-refractivity contribution in [1.29, 1.82) is 0 Å². The largest absolute Gasteiger partial charge is 0.356 e. The molecule has 0 spiro atoms. The number of hydrogen-bond donors (Lipinski definition) is 1. The summed E-state index contributed by atoms with van der Waals surface area (Å²) in [5, 5.41) is 10.1. The van der Waals surface area contributed by atoms with Gasteiger partial charge in [-0.3, -0.25) is 4.79 Å². The molecule has 0 saturated carbocycles. The second kappa shape index (κ2) is 9.55. The highest BCUT2D eigenvalue weighted by molar-refractivity contribution is 9.09. The first-order valence-electron chi connectivity index (χ1n) is 9.17. The summed E-state index contributed by atoms with van der Waals surface area (Å²) in [6, 6.07) is 0. The standard InChI is InChI=1S/C17H25BrN6OS/c1-2-26-17-21-15(23-9-3-4-10-23)13-12-20-24(16(13)22-17)11-8-19-14(25)6-5-7-18/h12H,2-11H2,1H3,(H,19,25). The van der Waals surface area contributed by atoms with Crippen LogP contribution in [0, 0.1) is 0 Å². The van der Waals surface area contributed by atoms with E-state index >= 15 is 0 Å². The summed E-state index contributed by atoms with van der Waals surface area (Å²) in [5.41, 5.74) is 0.854. The number of aromatic nitrogens is 4. The molecule has 0 aliphatic carbocycles. The molecule has 26 heavy (non-hydrogen) atoms. The van der Waals surface area contributed by atoms with Crippen LogP contribution in [0.1, 0.15) is 32.6 Å². The highest BCUT2D eigenvalue weighted by Gasteiger charge is 2.20. The fourth-order valence-electron chi connectivity index (χ4n) is 3.07. The Bertz CT molecular complexity index is 746. The Morgan fingerprint density at radius 2 is 2.15 bits per heavy atom. The third-order valence-corrected chi connectivity index (χ3v) is 5.61. The number of anilines is 1. The van der Waals surface area contributed by atoms with Crippen LogP contribution in [-0.4, -0.2) is 56.4 Å². The van der Waals surface area contributed by atoms with E-state index in [1.54, 1.807) is 11.8 Å². The molecular weight excluding hydrogens is 416 g/mol. The fraction of sp³-hybridized carbons (Fsp3) is 0.647. The molecule has 2 aromatic heterocycles. The van der Waals surface area contributed by atoms with Gasteiger partial charge in [-0.1, -0.05) is 34.6 Å². The Balaban J connectivity index is 1.77. The van der Waals surface area contributed by atoms with Crippen molar-refractivity contribution in [3.05, 3.63) is 6.20 Å². The number of thioether (sulfide) groups is 1. The van der Waals surface area contributed by atoms with Gasteiger partial charge in [-0.25, -0.2) is 14.6 Å². The first kappa shape index (κ1) is 19.4. The number of rotatable bonds is 9. The van der Waals surface area contributed by atoms with Crippen molar-refractivity contribution in [2.45, 2.75) is 44.3 Å². The zero-order valence-electron chi connectivity index (χ0n) is 15.1. The van der Waals surface area contributed by atoms with Crippen LogP contribution in [0.15, 0.2) is 11.4 Å². The lowest BCUT2D eigenvalue weighted by molar-refractivity contribution is -0.121. The molecule has 3 rings (SSSR count). The average Bonchev–Trinajstić information content (AvgIpc) is 3.30. The van der Waals surface area contributed by atoms with Crippen molar-refractivity contribution in [2.75, 3.05) is 35.6 Å². The van der Waals surface area contributed by atoms with E-state index in [2.05, 4.69) is 38.2 Å². The highest BCUT2D eigenvalue weighted by atomic mass is 79.9. The van der Waals surface area contributed by atoms with Crippen LogP contribution >= 0.6 is 27.7 Å². The number of carbonyl (C=O) groups excluding carboxylic acids is 1. The first-order chi connectivity index (χ1) is 12.7. The maximum Gasteiger partial charge on any atom is 0.220 e. The lowest BCUT2D eigenvalue weighted by atomic mass is 10.3. The van der Waals surface area contributed by atoms with E-state index in [0.29, 0.717) is 19.5 Å². The molecule has 1 amide bonds. The Kier molecular flexibility index (Phi) is 7.13. The smallest absolute Gasteiger partial charge is 0.220 e. The van der Waals surface area contributed by atoms with Crippen LogP contribution in [0.2, 0.25) is 0 Å². The number of fused-ring (bicyclic) bond motifs is 1. The SMILES string of the molecule is CCSc1nc(N2CCCC2)c2cnn(CCNC(=O)CCCBr)c2n1. The molecule has 1 aliphatic heterocycles. The van der Waals surface area contributed by atoms with E-state index in [9.17, 15) is 4.79 Å². The van der Waals surface area contributed by atoms with Crippen molar-refractivity contribution in [1.82, 2.24) is 25.1 Å². The van der Waals surface area contributed by atoms with E-state index in [4.69, 9.17) is 9.97 Å². The summed E-state index contributed by atoms with van der Waals surface area (Å²) in [6.45, 7) is 5.34. The van der Waals surface area contributed by atoms with Gasteiger partial charge in [0.2, 0.25) is 5.91 Å². The minimum absolute atomic E-state index is 0.0792. The minimum Gasteiger partial charge on any atom is -0.356 e. The van der Waals surface area contributed by atoms with E-state index < -0.39 is 0 Å². The van der Waals surface area contributed by atoms with Gasteiger partial charge in [-0.05, 0) is 25.0 Å². The quantitative estimate of drug-likeness (QED) is 0.367. The van der Waals surface area contributed by atoms with Gasteiger partial charge in [0.15, 0.2) is 10.8 Å². The Morgan fingerprint density at radius 3 is 2.88 bits per heavy atom. The number of hydrogen-bond acceptors (Lipinski definition) is 6. The summed E-state index contributed by atoms with van der Waals surface area (Å²) in [5.74, 6) is 2.01. The van der Waals surface area contributed by atoms with E-state index in [-0.39, 0.29) is 5.91 Å². The summed E-state index contributed by atoms with van der Waals surface area (Å²) < 4.78 is 1.88. The van der Waals surface area contributed by atoms with Crippen LogP contribution in [0.25, 0.3) is 11.0 Å². The van der Waals surface area contributed by atoms with Gasteiger partial charge in [0.25, 0.3) is 0 Å². The molecule has 0 radical (unpaired) electrons. The maximum atomic E-state index is 11.8. The highest BCUT2D eigenvalue weighted by Crippen LogP contribution is 2.29. The van der Waals surface area contributed by atoms with Crippen molar-refractivity contribution < 1.29 is 4.79 Å². The van der Waals surface area contributed by atoms with E-state index in [1.807, 2.05) is 10.9 Å². The molecule has 3 heterocycles. The Morgan fingerprint density at radius 1 is 1.35 bits per heavy atom. The van der Waals surface area contributed by atoms with Gasteiger partial charge >= 0.3 is 0 Å². The number of nitrogens with one attached hydrogen (secondary N) is 1.